The number of aromatic hydroxyl groups is 1. The molecule has 1 spiro atoms. The van der Waals surface area contributed by atoms with E-state index in [0.717, 1.165) is 48.7 Å². The Bertz CT molecular complexity index is 1060. The van der Waals surface area contributed by atoms with Crippen molar-refractivity contribution in [3.63, 3.8) is 0 Å². The highest BCUT2D eigenvalue weighted by molar-refractivity contribution is 5.94. The summed E-state index contributed by atoms with van der Waals surface area (Å²) < 4.78 is 11.0. The number of ether oxygens (including phenoxy) is 2. The molecule has 1 unspecified atom stereocenters. The van der Waals surface area contributed by atoms with E-state index in [0.29, 0.717) is 25.0 Å². The van der Waals surface area contributed by atoms with Crippen molar-refractivity contribution in [1.82, 2.24) is 10.2 Å². The number of carbonyl (C=O) groups excluding carboxylic acids is 2. The maximum Gasteiger partial charge on any atom is 1.00 e. The Hall–Kier alpha value is -2.29. The van der Waals surface area contributed by atoms with Gasteiger partial charge in [-0.15, -0.1) is 0 Å². The fraction of sp³-hybridized carbons (Fsp3) is 0.600. The monoisotopic (exact) mass is 490 g/mol. The molecule has 9 heteroatoms. The Morgan fingerprint density at radius 1 is 1.29 bits per heavy atom. The van der Waals surface area contributed by atoms with Crippen LogP contribution in [0.15, 0.2) is 24.3 Å². The average molecular weight is 491 g/mol. The zero-order valence-electron chi connectivity index (χ0n) is 20.1. The lowest BCUT2D eigenvalue weighted by Crippen LogP contribution is -3.00. The lowest BCUT2D eigenvalue weighted by Gasteiger charge is -2.64. The molecule has 34 heavy (non-hydrogen) atoms. The first kappa shape index (κ1) is 23.5. The fourth-order valence-electron chi connectivity index (χ4n) is 7.07. The minimum Gasteiger partial charge on any atom is -1.00 e. The third-order valence-corrected chi connectivity index (χ3v) is 8.66. The summed E-state index contributed by atoms with van der Waals surface area (Å²) in [5.74, 6) is 0.256. The molecule has 5 atom stereocenters. The summed E-state index contributed by atoms with van der Waals surface area (Å²) in [7, 11) is 1.26. The summed E-state index contributed by atoms with van der Waals surface area (Å²) in [5, 5.41) is 26.0. The summed E-state index contributed by atoms with van der Waals surface area (Å²) in [6.07, 6.45) is 6.84. The number of piperidine rings is 1. The molecule has 0 radical (unpaired) electrons. The quantitative estimate of drug-likeness (QED) is 0.333. The van der Waals surface area contributed by atoms with Crippen molar-refractivity contribution < 1.29 is 43.1 Å². The Labute approximate surface area is 206 Å². The molecule has 2 saturated carbocycles. The number of nitrogens with zero attached hydrogens (tertiary/aromatic N) is 1. The summed E-state index contributed by atoms with van der Waals surface area (Å²) >= 11 is 0. The van der Waals surface area contributed by atoms with Crippen LogP contribution >= 0.6 is 0 Å². The van der Waals surface area contributed by atoms with Crippen molar-refractivity contribution in [2.45, 2.75) is 67.7 Å². The molecule has 0 aromatic heterocycles. The highest BCUT2D eigenvalue weighted by Crippen LogP contribution is 2.65. The molecule has 1 saturated heterocycles. The number of phenols is 1. The molecule has 1 amide bonds. The van der Waals surface area contributed by atoms with Crippen LogP contribution in [0.1, 0.15) is 44.7 Å². The normalized spacial score (nSPS) is 35.2. The molecule has 2 aliphatic heterocycles. The molecule has 2 bridgehead atoms. The van der Waals surface area contributed by atoms with Gasteiger partial charge in [-0.3, -0.25) is 9.69 Å². The van der Waals surface area contributed by atoms with E-state index in [9.17, 15) is 19.8 Å². The number of halogens is 1. The van der Waals surface area contributed by atoms with E-state index < -0.39 is 29.0 Å². The molecule has 3 aliphatic carbocycles. The second-order valence-electron chi connectivity index (χ2n) is 10.3. The van der Waals surface area contributed by atoms with Crippen LogP contribution in [0, 0.1) is 5.92 Å². The predicted octanol–water partition coefficient (Wildman–Crippen LogP) is -1.71. The summed E-state index contributed by atoms with van der Waals surface area (Å²) in [6.45, 7) is 1.88. The Morgan fingerprint density at radius 2 is 2.09 bits per heavy atom. The van der Waals surface area contributed by atoms with Crippen molar-refractivity contribution in [2.75, 3.05) is 20.2 Å². The number of phenolic OH excluding ortho intramolecular Hbond substituents is 1. The lowest BCUT2D eigenvalue weighted by atomic mass is 9.48. The maximum atomic E-state index is 12.6. The molecular weight excluding hydrogens is 460 g/mol. The van der Waals surface area contributed by atoms with Gasteiger partial charge in [-0.05, 0) is 62.6 Å². The van der Waals surface area contributed by atoms with E-state index in [1.54, 1.807) is 6.07 Å². The number of amides is 1. The number of carbonyl (C=O) groups is 2. The lowest BCUT2D eigenvalue weighted by molar-refractivity contribution is -0.192. The third kappa shape index (κ3) is 3.18. The first-order chi connectivity index (χ1) is 15.9. The zero-order valence-corrected chi connectivity index (χ0v) is 19.9. The molecule has 6 rings (SSSR count). The van der Waals surface area contributed by atoms with Gasteiger partial charge in [-0.25, -0.2) is 4.79 Å². The molecule has 5 aliphatic rings. The van der Waals surface area contributed by atoms with Gasteiger partial charge in [0.25, 0.3) is 0 Å². The Kier molecular flexibility index (Phi) is 5.61. The van der Waals surface area contributed by atoms with Gasteiger partial charge in [-0.2, -0.15) is 0 Å². The molecule has 8 nitrogen and oxygen atoms in total. The van der Waals surface area contributed by atoms with Crippen LogP contribution < -0.4 is 22.5 Å². The number of nitrogens with one attached hydrogen (secondary N) is 1. The van der Waals surface area contributed by atoms with E-state index in [2.05, 4.69) is 15.0 Å². The van der Waals surface area contributed by atoms with Gasteiger partial charge in [0.15, 0.2) is 11.5 Å². The van der Waals surface area contributed by atoms with Gasteiger partial charge in [0, 0.05) is 30.3 Å². The van der Waals surface area contributed by atoms with Crippen molar-refractivity contribution >= 4 is 11.9 Å². The fourth-order valence-corrected chi connectivity index (χ4v) is 7.07. The van der Waals surface area contributed by atoms with Crippen LogP contribution in [0.25, 0.3) is 0 Å². The van der Waals surface area contributed by atoms with E-state index in [1.807, 2.05) is 6.07 Å². The number of likely N-dealkylation sites (tertiary alicyclic amines) is 1. The minimum atomic E-state index is -0.986. The van der Waals surface area contributed by atoms with E-state index in [-0.39, 0.29) is 31.7 Å². The third-order valence-electron chi connectivity index (χ3n) is 8.66. The molecule has 184 valence electrons. The molecule has 1 aromatic rings. The molecule has 3 N–H and O–H groups in total. The number of benzene rings is 1. The van der Waals surface area contributed by atoms with Crippen molar-refractivity contribution in [3.05, 3.63) is 35.4 Å². The largest absolute Gasteiger partial charge is 1.00 e. The summed E-state index contributed by atoms with van der Waals surface area (Å²) in [6, 6.07) is 3.29. The van der Waals surface area contributed by atoms with E-state index in [4.69, 9.17) is 4.74 Å². The molecule has 3 fully saturated rings. The average Bonchev–Trinajstić information content (AvgIpc) is 3.54. The standard InChI is InChI=1S/C25H30N2O6.ClH/c1-32-20(30)7-6-19(29)26-16-8-9-25(31)18-12-15-4-5-17(28)22-21(15)24(25,23(16)33-22)10-11-27(18)13-14-2-3-14;/h4-7,14,16,18,23,28,31H,2-3,8-13H2,1H3,(H,26,29);1H/b7-6+;/t16-,18?,23+,24+,25-;/m1./s1. The maximum absolute atomic E-state index is 12.6. The Balaban J connectivity index is 0.00000144. The number of aliphatic hydroxyl groups is 1. The molecule has 1 aromatic carbocycles. The predicted molar refractivity (Wildman–Crippen MR) is 119 cm³/mol. The van der Waals surface area contributed by atoms with Crippen LogP contribution in [0.5, 0.6) is 11.5 Å². The van der Waals surface area contributed by atoms with Gasteiger partial charge in [-0.1, -0.05) is 6.07 Å². The Morgan fingerprint density at radius 3 is 2.82 bits per heavy atom. The van der Waals surface area contributed by atoms with E-state index in [1.165, 1.54) is 20.0 Å². The van der Waals surface area contributed by atoms with E-state index >= 15 is 0 Å². The highest BCUT2D eigenvalue weighted by atomic mass is 35.5. The second-order valence-corrected chi connectivity index (χ2v) is 10.3. The van der Waals surface area contributed by atoms with Crippen molar-refractivity contribution in [1.29, 1.82) is 0 Å². The molecule has 2 heterocycles. The van der Waals surface area contributed by atoms with Gasteiger partial charge in [0.1, 0.15) is 6.10 Å². The van der Waals surface area contributed by atoms with Gasteiger partial charge >= 0.3 is 7.40 Å². The topological polar surface area (TPSA) is 108 Å². The molecular formula is C25H31ClN2O6. The number of hydrogen-bond acceptors (Lipinski definition) is 7. The van der Waals surface area contributed by atoms with Crippen LogP contribution in [0.3, 0.4) is 0 Å². The first-order valence-corrected chi connectivity index (χ1v) is 11.9. The van der Waals surface area contributed by atoms with Crippen molar-refractivity contribution in [2.24, 2.45) is 5.92 Å². The highest BCUT2D eigenvalue weighted by Gasteiger charge is 2.73. The van der Waals surface area contributed by atoms with Crippen LogP contribution in [0.4, 0.5) is 0 Å². The van der Waals surface area contributed by atoms with Gasteiger partial charge in [0.2, 0.25) is 5.91 Å². The SMILES string of the molecule is COC(=O)/C=C/C(=O)N[C@@H]1CC[C@@]2(O)C3Cc4ccc(O)c5c4[C@@]2(CCN3CC2CC2)[C@H]1O5.[Cl-].[H+]. The number of methoxy groups -OCH3 is 1. The summed E-state index contributed by atoms with van der Waals surface area (Å²) in [5.41, 5.74) is 0.390. The van der Waals surface area contributed by atoms with Crippen LogP contribution in [-0.2, 0) is 26.2 Å². The second kappa shape index (κ2) is 8.14. The number of esters is 1. The van der Waals surface area contributed by atoms with Gasteiger partial charge < -0.3 is 37.4 Å². The number of rotatable bonds is 5. The smallest absolute Gasteiger partial charge is 1.00 e. The number of hydrogen-bond donors (Lipinski definition) is 3. The van der Waals surface area contributed by atoms with Crippen LogP contribution in [-0.4, -0.2) is 71.0 Å². The zero-order chi connectivity index (χ0) is 23.0. The van der Waals surface area contributed by atoms with Crippen molar-refractivity contribution in [3.8, 4) is 11.5 Å². The minimum absolute atomic E-state index is 0. The van der Waals surface area contributed by atoms with Crippen LogP contribution in [0.2, 0.25) is 0 Å². The summed E-state index contributed by atoms with van der Waals surface area (Å²) in [4.78, 5) is 26.4. The first-order valence-electron chi connectivity index (χ1n) is 11.9. The van der Waals surface area contributed by atoms with Gasteiger partial charge in [0.05, 0.1) is 24.2 Å².